The van der Waals surface area contributed by atoms with E-state index in [1.807, 2.05) is 18.2 Å². The fraction of sp³-hybridized carbons (Fsp3) is 0.652. The maximum atomic E-state index is 12.3. The lowest BCUT2D eigenvalue weighted by atomic mass is 10.1. The van der Waals surface area contributed by atoms with E-state index in [0.29, 0.717) is 6.79 Å². The Kier molecular flexibility index (Phi) is 15.1. The van der Waals surface area contributed by atoms with E-state index in [1.165, 1.54) is 37.7 Å². The largest absolute Gasteiger partial charge is 0.616 e. The minimum atomic E-state index is -1.11. The molecule has 0 radical (unpaired) electrons. The standard InChI is InChI=1S/C18H28O3S.C5H9NO4S/c1-3-4-5-6-7-8-11-22(19)15(2)12-16-9-10-17-18(13-16)21-14-20-17;6-3(5(9)10)1-11-2-4(7)8/h9-10,13,15H,3-8,11-12,14H2,1-2H3;3H,1-2,6H2,(H,7,8)(H,9,10). The molecular weight excluding hydrogens is 466 g/mol. The molecule has 188 valence electrons. The van der Waals surface area contributed by atoms with Gasteiger partial charge in [0.2, 0.25) is 6.79 Å². The van der Waals surface area contributed by atoms with Gasteiger partial charge in [0.05, 0.1) is 5.75 Å². The number of thioether (sulfide) groups is 1. The SMILES string of the molecule is CCCCCCCC[S+]([O-])C(C)Cc1ccc2c(c1)OCO2.NC(CSCC(=O)O)C(=O)O. The Hall–Kier alpha value is -1.62. The molecule has 1 aliphatic rings. The van der Waals surface area contributed by atoms with E-state index in [0.717, 1.165) is 41.9 Å². The molecule has 0 spiro atoms. The zero-order valence-electron chi connectivity index (χ0n) is 19.5. The minimum absolute atomic E-state index is 0.110. The second kappa shape index (κ2) is 16.9. The second-order valence-electron chi connectivity index (χ2n) is 7.91. The van der Waals surface area contributed by atoms with Gasteiger partial charge in [-0.3, -0.25) is 9.59 Å². The smallest absolute Gasteiger partial charge is 0.321 e. The summed E-state index contributed by atoms with van der Waals surface area (Å²) < 4.78 is 23.0. The molecule has 0 fully saturated rings. The summed E-state index contributed by atoms with van der Waals surface area (Å²) in [6, 6.07) is 5.03. The molecule has 4 N–H and O–H groups in total. The number of hydrogen-bond acceptors (Lipinski definition) is 7. The lowest BCUT2D eigenvalue weighted by Crippen LogP contribution is -2.32. The highest BCUT2D eigenvalue weighted by Gasteiger charge is 2.19. The predicted octanol–water partition coefficient (Wildman–Crippen LogP) is 3.67. The van der Waals surface area contributed by atoms with Crippen molar-refractivity contribution >= 4 is 34.9 Å². The van der Waals surface area contributed by atoms with Crippen LogP contribution in [0.2, 0.25) is 0 Å². The third-order valence-corrected chi connectivity index (χ3v) is 7.75. The lowest BCUT2D eigenvalue weighted by molar-refractivity contribution is -0.138. The van der Waals surface area contributed by atoms with Crippen molar-refractivity contribution in [2.24, 2.45) is 5.73 Å². The molecule has 0 amide bonds. The van der Waals surface area contributed by atoms with E-state index in [4.69, 9.17) is 25.4 Å². The highest BCUT2D eigenvalue weighted by molar-refractivity contribution is 8.00. The van der Waals surface area contributed by atoms with Crippen molar-refractivity contribution in [1.82, 2.24) is 0 Å². The van der Waals surface area contributed by atoms with Crippen LogP contribution in [0.4, 0.5) is 0 Å². The van der Waals surface area contributed by atoms with Gasteiger partial charge in [-0.15, -0.1) is 11.8 Å². The number of hydrogen-bond donors (Lipinski definition) is 3. The van der Waals surface area contributed by atoms with Crippen molar-refractivity contribution in [3.63, 3.8) is 0 Å². The van der Waals surface area contributed by atoms with E-state index in [2.05, 4.69) is 13.8 Å². The van der Waals surface area contributed by atoms with Crippen LogP contribution >= 0.6 is 11.8 Å². The third kappa shape index (κ3) is 13.0. The Bertz CT molecular complexity index is 720. The number of ether oxygens (including phenoxy) is 2. The number of unbranched alkanes of at least 4 members (excludes halogenated alkanes) is 5. The number of fused-ring (bicyclic) bond motifs is 1. The van der Waals surface area contributed by atoms with Crippen LogP contribution in [0.3, 0.4) is 0 Å². The van der Waals surface area contributed by atoms with Gasteiger partial charge in [-0.25, -0.2) is 0 Å². The molecule has 0 aromatic heterocycles. The van der Waals surface area contributed by atoms with Gasteiger partial charge in [0, 0.05) is 12.2 Å². The van der Waals surface area contributed by atoms with E-state index < -0.39 is 29.2 Å². The highest BCUT2D eigenvalue weighted by atomic mass is 32.2. The van der Waals surface area contributed by atoms with E-state index in [-0.39, 0.29) is 16.8 Å². The quantitative estimate of drug-likeness (QED) is 0.241. The number of carbonyl (C=O) groups is 2. The molecule has 1 aliphatic heterocycles. The molecule has 0 bridgehead atoms. The van der Waals surface area contributed by atoms with Gasteiger partial charge >= 0.3 is 11.9 Å². The maximum Gasteiger partial charge on any atom is 0.321 e. The molecule has 0 saturated heterocycles. The number of nitrogens with two attached hydrogens (primary N) is 1. The first-order valence-electron chi connectivity index (χ1n) is 11.3. The first-order valence-corrected chi connectivity index (χ1v) is 13.8. The Morgan fingerprint density at radius 1 is 1.15 bits per heavy atom. The number of aliphatic carboxylic acids is 2. The molecule has 1 aromatic rings. The van der Waals surface area contributed by atoms with Crippen LogP contribution in [-0.4, -0.2) is 62.0 Å². The Morgan fingerprint density at radius 3 is 2.48 bits per heavy atom. The fourth-order valence-electron chi connectivity index (χ4n) is 3.06. The van der Waals surface area contributed by atoms with Crippen molar-refractivity contribution in [2.45, 2.75) is 70.1 Å². The highest BCUT2D eigenvalue weighted by Crippen LogP contribution is 2.33. The molecule has 0 aliphatic carbocycles. The molecule has 3 unspecified atom stereocenters. The first-order chi connectivity index (χ1) is 15.7. The summed E-state index contributed by atoms with van der Waals surface area (Å²) in [7, 11) is 0. The van der Waals surface area contributed by atoms with Gasteiger partial charge in [-0.2, -0.15) is 0 Å². The van der Waals surface area contributed by atoms with Gasteiger partial charge in [0.15, 0.2) is 11.5 Å². The van der Waals surface area contributed by atoms with Gasteiger partial charge in [-0.1, -0.05) is 49.8 Å². The zero-order chi connectivity index (χ0) is 24.6. The average molecular weight is 504 g/mol. The summed E-state index contributed by atoms with van der Waals surface area (Å²) in [4.78, 5) is 20.0. The average Bonchev–Trinajstić information content (AvgIpc) is 3.24. The lowest BCUT2D eigenvalue weighted by Gasteiger charge is -2.18. The van der Waals surface area contributed by atoms with Crippen LogP contribution < -0.4 is 15.2 Å². The van der Waals surface area contributed by atoms with Crippen molar-refractivity contribution in [2.75, 3.05) is 24.1 Å². The van der Waals surface area contributed by atoms with Crippen molar-refractivity contribution in [3.05, 3.63) is 23.8 Å². The monoisotopic (exact) mass is 503 g/mol. The molecule has 8 nitrogen and oxygen atoms in total. The van der Waals surface area contributed by atoms with Gasteiger partial charge in [0.1, 0.15) is 17.0 Å². The van der Waals surface area contributed by atoms with Crippen LogP contribution in [0.25, 0.3) is 0 Å². The molecule has 2 rings (SSSR count). The Balaban J connectivity index is 0.000000420. The Morgan fingerprint density at radius 2 is 1.82 bits per heavy atom. The molecular formula is C23H37NO7S2. The molecule has 0 saturated carbocycles. The van der Waals surface area contributed by atoms with Crippen LogP contribution in [0.15, 0.2) is 18.2 Å². The van der Waals surface area contributed by atoms with Gasteiger partial charge < -0.3 is 30.0 Å². The first kappa shape index (κ1) is 29.4. The zero-order valence-corrected chi connectivity index (χ0v) is 21.1. The summed E-state index contributed by atoms with van der Waals surface area (Å²) >= 11 is 0.250. The van der Waals surface area contributed by atoms with Crippen molar-refractivity contribution in [1.29, 1.82) is 0 Å². The summed E-state index contributed by atoms with van der Waals surface area (Å²) in [6.07, 6.45) is 8.32. The van der Waals surface area contributed by atoms with Crippen LogP contribution in [0.5, 0.6) is 11.5 Å². The predicted molar refractivity (Wildman–Crippen MR) is 133 cm³/mol. The van der Waals surface area contributed by atoms with Crippen LogP contribution in [0.1, 0.15) is 57.9 Å². The third-order valence-electron chi connectivity index (χ3n) is 4.95. The van der Waals surface area contributed by atoms with E-state index in [9.17, 15) is 14.1 Å². The van der Waals surface area contributed by atoms with Gasteiger partial charge in [-0.05, 0) is 37.5 Å². The maximum absolute atomic E-state index is 12.3. The summed E-state index contributed by atoms with van der Waals surface area (Å²) in [5.74, 6) is 0.395. The Labute approximate surface area is 203 Å². The van der Waals surface area contributed by atoms with Crippen molar-refractivity contribution in [3.8, 4) is 11.5 Å². The summed E-state index contributed by atoms with van der Waals surface area (Å²) in [5.41, 5.74) is 6.26. The molecule has 3 atom stereocenters. The van der Waals surface area contributed by atoms with E-state index >= 15 is 0 Å². The molecule has 33 heavy (non-hydrogen) atoms. The van der Waals surface area contributed by atoms with Gasteiger partial charge in [0.25, 0.3) is 0 Å². The summed E-state index contributed by atoms with van der Waals surface area (Å²) in [6.45, 7) is 4.61. The normalized spacial score (nSPS) is 14.7. The molecule has 1 heterocycles. The minimum Gasteiger partial charge on any atom is -0.616 e. The number of benzene rings is 1. The fourth-order valence-corrected chi connectivity index (χ4v) is 5.02. The number of carboxylic acids is 2. The number of rotatable bonds is 15. The topological polar surface area (TPSA) is 142 Å². The number of carboxylic acid groups (broad SMARTS) is 2. The molecule has 10 heteroatoms. The molecule has 1 aromatic carbocycles. The van der Waals surface area contributed by atoms with Crippen molar-refractivity contribution < 1.29 is 33.8 Å². The summed E-state index contributed by atoms with van der Waals surface area (Å²) in [5, 5.41) is 16.6. The van der Waals surface area contributed by atoms with Crippen LogP contribution in [0, 0.1) is 0 Å². The van der Waals surface area contributed by atoms with E-state index in [1.54, 1.807) is 0 Å². The second-order valence-corrected chi connectivity index (χ2v) is 10.9. The van der Waals surface area contributed by atoms with Crippen LogP contribution in [-0.2, 0) is 27.2 Å².